The number of hydrogen-bond donors (Lipinski definition) is 1. The summed E-state index contributed by atoms with van der Waals surface area (Å²) >= 11 is 3.23. The van der Waals surface area contributed by atoms with Gasteiger partial charge in [0.15, 0.2) is 0 Å². The van der Waals surface area contributed by atoms with Crippen LogP contribution in [0.1, 0.15) is 12.5 Å². The van der Waals surface area contributed by atoms with E-state index >= 15 is 0 Å². The highest BCUT2D eigenvalue weighted by molar-refractivity contribution is 9.10. The van der Waals surface area contributed by atoms with E-state index in [0.717, 1.165) is 16.6 Å². The van der Waals surface area contributed by atoms with Crippen molar-refractivity contribution in [3.05, 3.63) is 28.0 Å². The van der Waals surface area contributed by atoms with Crippen LogP contribution in [0, 0.1) is 12.7 Å². The molecule has 66 valence electrons. The molecule has 0 amide bonds. The van der Waals surface area contributed by atoms with Crippen LogP contribution in [0.3, 0.4) is 0 Å². The van der Waals surface area contributed by atoms with Crippen molar-refractivity contribution >= 4 is 21.6 Å². The average molecular weight is 232 g/mol. The van der Waals surface area contributed by atoms with Gasteiger partial charge in [-0.3, -0.25) is 0 Å². The molecule has 0 unspecified atom stereocenters. The quantitative estimate of drug-likeness (QED) is 0.824. The third-order valence-corrected chi connectivity index (χ3v) is 2.06. The number of hydrogen-bond acceptors (Lipinski definition) is 1. The first kappa shape index (κ1) is 9.52. The summed E-state index contributed by atoms with van der Waals surface area (Å²) in [6.45, 7) is 4.56. The Morgan fingerprint density at radius 3 is 2.67 bits per heavy atom. The minimum Gasteiger partial charge on any atom is -0.383 e. The van der Waals surface area contributed by atoms with Crippen molar-refractivity contribution in [2.45, 2.75) is 13.8 Å². The van der Waals surface area contributed by atoms with Gasteiger partial charge in [-0.15, -0.1) is 0 Å². The zero-order chi connectivity index (χ0) is 9.14. The van der Waals surface area contributed by atoms with Gasteiger partial charge in [-0.2, -0.15) is 0 Å². The second-order valence-electron chi connectivity index (χ2n) is 2.61. The van der Waals surface area contributed by atoms with Gasteiger partial charge >= 0.3 is 0 Å². The lowest BCUT2D eigenvalue weighted by atomic mass is 10.2. The van der Waals surface area contributed by atoms with E-state index in [1.807, 2.05) is 19.9 Å². The lowest BCUT2D eigenvalue weighted by molar-refractivity contribution is 0.628. The van der Waals surface area contributed by atoms with E-state index in [2.05, 4.69) is 21.2 Å². The Hall–Kier alpha value is -0.570. The maximum absolute atomic E-state index is 13.2. The zero-order valence-corrected chi connectivity index (χ0v) is 8.70. The minimum atomic E-state index is -0.205. The summed E-state index contributed by atoms with van der Waals surface area (Å²) in [4.78, 5) is 0. The molecule has 0 bridgehead atoms. The van der Waals surface area contributed by atoms with Gasteiger partial charge in [0, 0.05) is 11.0 Å². The maximum atomic E-state index is 13.2. The average Bonchev–Trinajstić information content (AvgIpc) is 1.96. The summed E-state index contributed by atoms with van der Waals surface area (Å²) in [5.74, 6) is -0.205. The van der Waals surface area contributed by atoms with Gasteiger partial charge in [-0.25, -0.2) is 4.39 Å². The van der Waals surface area contributed by atoms with Gasteiger partial charge < -0.3 is 5.32 Å². The molecule has 12 heavy (non-hydrogen) atoms. The van der Waals surface area contributed by atoms with Gasteiger partial charge in [0.2, 0.25) is 0 Å². The molecule has 1 aromatic carbocycles. The Morgan fingerprint density at radius 2 is 2.17 bits per heavy atom. The molecule has 1 nitrogen and oxygen atoms in total. The highest BCUT2D eigenvalue weighted by Crippen LogP contribution is 2.23. The highest BCUT2D eigenvalue weighted by Gasteiger charge is 2.04. The fourth-order valence-corrected chi connectivity index (χ4v) is 1.65. The zero-order valence-electron chi connectivity index (χ0n) is 7.12. The van der Waals surface area contributed by atoms with Gasteiger partial charge in [0.25, 0.3) is 0 Å². The molecule has 1 aromatic rings. The molecular weight excluding hydrogens is 221 g/mol. The standard InChI is InChI=1S/C9H11BrFN/c1-3-12-9-6(2)4-7(10)5-8(9)11/h4-5,12H,3H2,1-2H3. The lowest BCUT2D eigenvalue weighted by Crippen LogP contribution is -2.01. The highest BCUT2D eigenvalue weighted by atomic mass is 79.9. The second-order valence-corrected chi connectivity index (χ2v) is 3.53. The molecule has 0 fully saturated rings. The van der Waals surface area contributed by atoms with Crippen molar-refractivity contribution in [3.8, 4) is 0 Å². The molecule has 0 saturated carbocycles. The Morgan fingerprint density at radius 1 is 1.50 bits per heavy atom. The molecule has 0 radical (unpaired) electrons. The lowest BCUT2D eigenvalue weighted by Gasteiger charge is -2.08. The second kappa shape index (κ2) is 3.90. The van der Waals surface area contributed by atoms with Gasteiger partial charge in [0.05, 0.1) is 5.69 Å². The number of nitrogens with one attached hydrogen (secondary N) is 1. The van der Waals surface area contributed by atoms with Crippen LogP contribution in [0.4, 0.5) is 10.1 Å². The van der Waals surface area contributed by atoms with E-state index in [4.69, 9.17) is 0 Å². The SMILES string of the molecule is CCNc1c(C)cc(Br)cc1F. The maximum Gasteiger partial charge on any atom is 0.147 e. The molecule has 3 heteroatoms. The molecule has 1 N–H and O–H groups in total. The van der Waals surface area contributed by atoms with E-state index in [9.17, 15) is 4.39 Å². The van der Waals surface area contributed by atoms with Gasteiger partial charge in [-0.05, 0) is 31.5 Å². The summed E-state index contributed by atoms with van der Waals surface area (Å²) in [7, 11) is 0. The van der Waals surface area contributed by atoms with Crippen LogP contribution < -0.4 is 5.32 Å². The summed E-state index contributed by atoms with van der Waals surface area (Å²) in [6, 6.07) is 3.35. The molecule has 0 aliphatic heterocycles. The van der Waals surface area contributed by atoms with Crippen LogP contribution in [-0.4, -0.2) is 6.54 Å². The topological polar surface area (TPSA) is 12.0 Å². The van der Waals surface area contributed by atoms with Crippen molar-refractivity contribution < 1.29 is 4.39 Å². The van der Waals surface area contributed by atoms with Crippen LogP contribution in [0.5, 0.6) is 0 Å². The first-order chi connectivity index (χ1) is 5.65. The monoisotopic (exact) mass is 231 g/mol. The van der Waals surface area contributed by atoms with Crippen molar-refractivity contribution in [2.24, 2.45) is 0 Å². The summed E-state index contributed by atoms with van der Waals surface area (Å²) in [5.41, 5.74) is 1.52. The third kappa shape index (κ3) is 1.97. The van der Waals surface area contributed by atoms with Crippen LogP contribution >= 0.6 is 15.9 Å². The number of halogens is 2. The minimum absolute atomic E-state index is 0.205. The molecular formula is C9H11BrFN. The van der Waals surface area contributed by atoms with Crippen molar-refractivity contribution in [1.82, 2.24) is 0 Å². The van der Waals surface area contributed by atoms with E-state index in [0.29, 0.717) is 5.69 Å². The number of rotatable bonds is 2. The molecule has 0 spiro atoms. The molecule has 0 aliphatic rings. The van der Waals surface area contributed by atoms with E-state index in [1.54, 1.807) is 0 Å². The molecule has 0 saturated heterocycles. The van der Waals surface area contributed by atoms with E-state index in [-0.39, 0.29) is 5.82 Å². The Bertz CT molecular complexity index is 263. The largest absolute Gasteiger partial charge is 0.383 e. The molecule has 0 atom stereocenters. The smallest absolute Gasteiger partial charge is 0.147 e. The molecule has 1 rings (SSSR count). The molecule has 0 heterocycles. The van der Waals surface area contributed by atoms with Gasteiger partial charge in [-0.1, -0.05) is 15.9 Å². The fraction of sp³-hybridized carbons (Fsp3) is 0.333. The summed E-state index contributed by atoms with van der Waals surface area (Å²) in [6.07, 6.45) is 0. The number of aryl methyl sites for hydroxylation is 1. The normalized spacial score (nSPS) is 10.0. The Kier molecular flexibility index (Phi) is 3.09. The number of anilines is 1. The van der Waals surface area contributed by atoms with Gasteiger partial charge in [0.1, 0.15) is 5.82 Å². The first-order valence-corrected chi connectivity index (χ1v) is 4.64. The van der Waals surface area contributed by atoms with Crippen LogP contribution in [0.2, 0.25) is 0 Å². The van der Waals surface area contributed by atoms with E-state index in [1.165, 1.54) is 6.07 Å². The van der Waals surface area contributed by atoms with Crippen LogP contribution in [-0.2, 0) is 0 Å². The summed E-state index contributed by atoms with van der Waals surface area (Å²) in [5, 5.41) is 2.98. The molecule has 0 aromatic heterocycles. The predicted molar refractivity (Wildman–Crippen MR) is 53.0 cm³/mol. The summed E-state index contributed by atoms with van der Waals surface area (Å²) < 4.78 is 14.0. The first-order valence-electron chi connectivity index (χ1n) is 3.84. The Balaban J connectivity index is 3.10. The predicted octanol–water partition coefficient (Wildman–Crippen LogP) is 3.33. The molecule has 0 aliphatic carbocycles. The van der Waals surface area contributed by atoms with Crippen molar-refractivity contribution in [3.63, 3.8) is 0 Å². The van der Waals surface area contributed by atoms with Crippen molar-refractivity contribution in [2.75, 3.05) is 11.9 Å². The number of benzene rings is 1. The Labute approximate surface area is 80.1 Å². The third-order valence-electron chi connectivity index (χ3n) is 1.61. The fourth-order valence-electron chi connectivity index (χ4n) is 1.10. The van der Waals surface area contributed by atoms with Crippen molar-refractivity contribution in [1.29, 1.82) is 0 Å². The van der Waals surface area contributed by atoms with Crippen LogP contribution in [0.15, 0.2) is 16.6 Å². The van der Waals surface area contributed by atoms with Crippen LogP contribution in [0.25, 0.3) is 0 Å². The van der Waals surface area contributed by atoms with E-state index < -0.39 is 0 Å².